The predicted octanol–water partition coefficient (Wildman–Crippen LogP) is 4.19. The van der Waals surface area contributed by atoms with Gasteiger partial charge in [0.1, 0.15) is 11.4 Å². The SMILES string of the molecule is CC=C(C)c1cc2ccc[n+](C)c2n1-c1ccccc1C. The number of aromatic nitrogens is 2. The lowest BCUT2D eigenvalue weighted by molar-refractivity contribution is -0.647. The highest BCUT2D eigenvalue weighted by atomic mass is 15.1. The first-order valence-electron chi connectivity index (χ1n) is 7.33. The van der Waals surface area contributed by atoms with Gasteiger partial charge in [0.05, 0.1) is 18.6 Å². The molecular formula is C19H21N2+. The highest BCUT2D eigenvalue weighted by Crippen LogP contribution is 2.28. The molecule has 0 fully saturated rings. The smallest absolute Gasteiger partial charge is 0.236 e. The molecule has 0 aliphatic heterocycles. The third-order valence-corrected chi connectivity index (χ3v) is 4.12. The standard InChI is InChI=1S/C19H21N2/c1-5-14(2)18-13-16-10-8-12-20(4)19(16)21(18)17-11-7-6-9-15(17)3/h5-13H,1-4H3/q+1. The van der Waals surface area contributed by atoms with E-state index in [2.05, 4.69) is 91.7 Å². The molecule has 0 radical (unpaired) electrons. The van der Waals surface area contributed by atoms with E-state index in [1.807, 2.05) is 0 Å². The molecule has 2 aromatic heterocycles. The molecule has 2 heterocycles. The maximum atomic E-state index is 2.36. The van der Waals surface area contributed by atoms with E-state index < -0.39 is 0 Å². The van der Waals surface area contributed by atoms with Gasteiger partial charge in [-0.3, -0.25) is 0 Å². The van der Waals surface area contributed by atoms with Crippen molar-refractivity contribution in [2.24, 2.45) is 7.05 Å². The lowest BCUT2D eigenvalue weighted by Crippen LogP contribution is -2.30. The summed E-state index contributed by atoms with van der Waals surface area (Å²) in [6, 6.07) is 15.1. The molecular weight excluding hydrogens is 256 g/mol. The Morgan fingerprint density at radius 2 is 1.90 bits per heavy atom. The second kappa shape index (κ2) is 5.21. The molecule has 2 heteroatoms. The van der Waals surface area contributed by atoms with Gasteiger partial charge >= 0.3 is 0 Å². The van der Waals surface area contributed by atoms with Gasteiger partial charge in [-0.15, -0.1) is 0 Å². The fourth-order valence-corrected chi connectivity index (χ4v) is 2.85. The van der Waals surface area contributed by atoms with Crippen molar-refractivity contribution in [1.82, 2.24) is 4.57 Å². The Morgan fingerprint density at radius 3 is 2.62 bits per heavy atom. The Bertz CT molecular complexity index is 838. The monoisotopic (exact) mass is 277 g/mol. The van der Waals surface area contributed by atoms with Crippen molar-refractivity contribution in [2.45, 2.75) is 20.8 Å². The van der Waals surface area contributed by atoms with Crippen LogP contribution in [0.15, 0.2) is 54.7 Å². The van der Waals surface area contributed by atoms with E-state index in [9.17, 15) is 0 Å². The third kappa shape index (κ3) is 2.17. The topological polar surface area (TPSA) is 8.81 Å². The van der Waals surface area contributed by atoms with Crippen LogP contribution >= 0.6 is 0 Å². The lowest BCUT2D eigenvalue weighted by Gasteiger charge is -2.08. The molecule has 0 N–H and O–H groups in total. The Kier molecular flexibility index (Phi) is 3.38. The molecule has 0 amide bonds. The van der Waals surface area contributed by atoms with Gasteiger partial charge in [0.15, 0.2) is 0 Å². The van der Waals surface area contributed by atoms with E-state index in [4.69, 9.17) is 0 Å². The van der Waals surface area contributed by atoms with Crippen LogP contribution in [0.5, 0.6) is 0 Å². The van der Waals surface area contributed by atoms with E-state index in [1.54, 1.807) is 0 Å². The molecule has 0 bridgehead atoms. The summed E-state index contributed by atoms with van der Waals surface area (Å²) in [7, 11) is 2.10. The Hall–Kier alpha value is -2.35. The largest absolute Gasteiger partial charge is 0.294 e. The van der Waals surface area contributed by atoms with Crippen molar-refractivity contribution in [1.29, 1.82) is 0 Å². The minimum atomic E-state index is 1.23. The summed E-state index contributed by atoms with van der Waals surface area (Å²) in [5, 5.41) is 1.26. The average Bonchev–Trinajstić information content (AvgIpc) is 2.87. The molecule has 21 heavy (non-hydrogen) atoms. The lowest BCUT2D eigenvalue weighted by atomic mass is 10.1. The summed E-state index contributed by atoms with van der Waals surface area (Å²) >= 11 is 0. The first-order chi connectivity index (χ1) is 10.1. The van der Waals surface area contributed by atoms with E-state index in [1.165, 1.54) is 33.6 Å². The molecule has 0 saturated heterocycles. The zero-order valence-corrected chi connectivity index (χ0v) is 13.1. The van der Waals surface area contributed by atoms with Crippen LogP contribution in [-0.4, -0.2) is 4.57 Å². The van der Waals surface area contributed by atoms with Crippen LogP contribution < -0.4 is 4.57 Å². The number of fused-ring (bicyclic) bond motifs is 1. The van der Waals surface area contributed by atoms with Gasteiger partial charge in [0.2, 0.25) is 0 Å². The van der Waals surface area contributed by atoms with Gasteiger partial charge in [-0.05, 0) is 50.1 Å². The van der Waals surface area contributed by atoms with Crippen molar-refractivity contribution in [3.05, 3.63) is 66.0 Å². The summed E-state index contributed by atoms with van der Waals surface area (Å²) in [6.45, 7) is 6.43. The normalized spacial score (nSPS) is 12.1. The molecule has 0 atom stereocenters. The third-order valence-electron chi connectivity index (χ3n) is 4.12. The number of nitrogens with zero attached hydrogens (tertiary/aromatic N) is 2. The van der Waals surface area contributed by atoms with Gasteiger partial charge in [-0.2, -0.15) is 4.57 Å². The fourth-order valence-electron chi connectivity index (χ4n) is 2.85. The zero-order chi connectivity index (χ0) is 15.0. The fraction of sp³-hybridized carbons (Fsp3) is 0.211. The number of hydrogen-bond acceptors (Lipinski definition) is 0. The van der Waals surface area contributed by atoms with Gasteiger partial charge < -0.3 is 0 Å². The van der Waals surface area contributed by atoms with E-state index in [0.29, 0.717) is 0 Å². The number of aryl methyl sites for hydroxylation is 2. The average molecular weight is 277 g/mol. The van der Waals surface area contributed by atoms with Gasteiger partial charge in [-0.25, -0.2) is 4.57 Å². The van der Waals surface area contributed by atoms with Crippen molar-refractivity contribution in [3.8, 4) is 5.69 Å². The summed E-state index contributed by atoms with van der Waals surface area (Å²) in [5.74, 6) is 0. The van der Waals surface area contributed by atoms with Crippen LogP contribution in [0.4, 0.5) is 0 Å². The molecule has 2 nitrogen and oxygen atoms in total. The van der Waals surface area contributed by atoms with Crippen molar-refractivity contribution < 1.29 is 4.57 Å². The molecule has 0 saturated carbocycles. The Morgan fingerprint density at radius 1 is 1.14 bits per heavy atom. The first-order valence-corrected chi connectivity index (χ1v) is 7.33. The molecule has 0 aliphatic rings. The van der Waals surface area contributed by atoms with Crippen LogP contribution in [0.3, 0.4) is 0 Å². The van der Waals surface area contributed by atoms with Crippen molar-refractivity contribution >= 4 is 16.6 Å². The molecule has 3 rings (SSSR count). The van der Waals surface area contributed by atoms with Crippen LogP contribution in [0, 0.1) is 6.92 Å². The first kappa shape index (κ1) is 13.6. The maximum Gasteiger partial charge on any atom is 0.294 e. The van der Waals surface area contributed by atoms with Gasteiger partial charge in [0, 0.05) is 6.07 Å². The zero-order valence-electron chi connectivity index (χ0n) is 13.1. The summed E-state index contributed by atoms with van der Waals surface area (Å²) in [6.07, 6.45) is 4.27. The molecule has 0 aliphatic carbocycles. The second-order valence-electron chi connectivity index (χ2n) is 5.52. The van der Waals surface area contributed by atoms with E-state index >= 15 is 0 Å². The van der Waals surface area contributed by atoms with Gasteiger partial charge in [0.25, 0.3) is 5.65 Å². The number of benzene rings is 1. The van der Waals surface area contributed by atoms with E-state index in [0.717, 1.165) is 0 Å². The number of allylic oxidation sites excluding steroid dienone is 2. The van der Waals surface area contributed by atoms with Crippen LogP contribution in [0.1, 0.15) is 25.1 Å². The molecule has 0 unspecified atom stereocenters. The van der Waals surface area contributed by atoms with Crippen LogP contribution in [0.2, 0.25) is 0 Å². The van der Waals surface area contributed by atoms with Crippen LogP contribution in [-0.2, 0) is 7.05 Å². The minimum Gasteiger partial charge on any atom is -0.236 e. The van der Waals surface area contributed by atoms with Crippen molar-refractivity contribution in [3.63, 3.8) is 0 Å². The van der Waals surface area contributed by atoms with E-state index in [-0.39, 0.29) is 0 Å². The van der Waals surface area contributed by atoms with Crippen LogP contribution in [0.25, 0.3) is 22.3 Å². The van der Waals surface area contributed by atoms with Gasteiger partial charge in [-0.1, -0.05) is 24.3 Å². The number of hydrogen-bond donors (Lipinski definition) is 0. The highest BCUT2D eigenvalue weighted by Gasteiger charge is 2.22. The Labute approximate surface area is 126 Å². The quantitative estimate of drug-likeness (QED) is 0.621. The second-order valence-corrected chi connectivity index (χ2v) is 5.52. The molecule has 0 spiro atoms. The Balaban J connectivity index is 2.47. The van der Waals surface area contributed by atoms with Crippen molar-refractivity contribution in [2.75, 3.05) is 0 Å². The molecule has 3 aromatic rings. The summed E-state index contributed by atoms with van der Waals surface area (Å²) < 4.78 is 4.55. The summed E-state index contributed by atoms with van der Waals surface area (Å²) in [5.41, 5.74) is 6.29. The number of rotatable bonds is 2. The predicted molar refractivity (Wildman–Crippen MR) is 88.5 cm³/mol. The number of para-hydroxylation sites is 1. The molecule has 106 valence electrons. The minimum absolute atomic E-state index is 1.23. The maximum absolute atomic E-state index is 2.36. The summed E-state index contributed by atoms with van der Waals surface area (Å²) in [4.78, 5) is 0. The molecule has 1 aromatic carbocycles. The number of pyridine rings is 1. The highest BCUT2D eigenvalue weighted by molar-refractivity contribution is 5.83.